The van der Waals surface area contributed by atoms with Crippen LogP contribution in [0.15, 0.2) is 18.2 Å². The highest BCUT2D eigenvalue weighted by atomic mass is 35.5. The molecule has 0 radical (unpaired) electrons. The summed E-state index contributed by atoms with van der Waals surface area (Å²) in [5, 5.41) is 3.76. The Balaban J connectivity index is 2.67. The fraction of sp³-hybridized carbons (Fsp3) is 0.600. The fourth-order valence-electron chi connectivity index (χ4n) is 2.24. The Morgan fingerprint density at radius 1 is 1.39 bits per heavy atom. The van der Waals surface area contributed by atoms with Gasteiger partial charge in [-0.05, 0) is 43.5 Å². The smallest absolute Gasteiger partial charge is 0.127 e. The van der Waals surface area contributed by atoms with Gasteiger partial charge in [0.05, 0.1) is 0 Å². The van der Waals surface area contributed by atoms with E-state index in [1.165, 1.54) is 25.3 Å². The lowest BCUT2D eigenvalue weighted by molar-refractivity contribution is 0.362. The SMILES string of the molecule is CCCCC(C)C(Cc1ccc(Cl)cc1F)NC. The van der Waals surface area contributed by atoms with Crippen molar-refractivity contribution in [2.24, 2.45) is 5.92 Å². The van der Waals surface area contributed by atoms with Gasteiger partial charge in [-0.1, -0.05) is 44.4 Å². The molecule has 0 aliphatic heterocycles. The molecule has 1 aromatic rings. The van der Waals surface area contributed by atoms with Crippen molar-refractivity contribution in [3.63, 3.8) is 0 Å². The first-order chi connectivity index (χ1) is 8.58. The van der Waals surface area contributed by atoms with Crippen molar-refractivity contribution < 1.29 is 4.39 Å². The van der Waals surface area contributed by atoms with Crippen LogP contribution >= 0.6 is 11.6 Å². The van der Waals surface area contributed by atoms with Crippen LogP contribution in [0, 0.1) is 11.7 Å². The predicted octanol–water partition coefficient (Wildman–Crippen LogP) is 4.44. The second-order valence-corrected chi connectivity index (χ2v) is 5.39. The number of hydrogen-bond donors (Lipinski definition) is 1. The highest BCUT2D eigenvalue weighted by molar-refractivity contribution is 6.30. The van der Waals surface area contributed by atoms with Gasteiger partial charge in [0.25, 0.3) is 0 Å². The molecule has 0 fully saturated rings. The molecule has 2 atom stereocenters. The maximum absolute atomic E-state index is 13.8. The van der Waals surface area contributed by atoms with Crippen molar-refractivity contribution in [3.05, 3.63) is 34.6 Å². The van der Waals surface area contributed by atoms with Gasteiger partial charge in [-0.2, -0.15) is 0 Å². The summed E-state index contributed by atoms with van der Waals surface area (Å²) in [6.07, 6.45) is 4.32. The van der Waals surface area contributed by atoms with Gasteiger partial charge in [0, 0.05) is 11.1 Å². The Morgan fingerprint density at radius 2 is 2.11 bits per heavy atom. The molecule has 0 saturated heterocycles. The zero-order chi connectivity index (χ0) is 13.5. The molecule has 1 rings (SSSR count). The van der Waals surface area contributed by atoms with E-state index in [1.807, 2.05) is 7.05 Å². The zero-order valence-corrected chi connectivity index (χ0v) is 12.2. The summed E-state index contributed by atoms with van der Waals surface area (Å²) in [5.41, 5.74) is 0.738. The topological polar surface area (TPSA) is 12.0 Å². The van der Waals surface area contributed by atoms with E-state index < -0.39 is 0 Å². The highest BCUT2D eigenvalue weighted by Gasteiger charge is 2.17. The second-order valence-electron chi connectivity index (χ2n) is 4.95. The number of likely N-dealkylation sites (N-methyl/N-ethyl adjacent to an activating group) is 1. The average molecular weight is 272 g/mol. The summed E-state index contributed by atoms with van der Waals surface area (Å²) >= 11 is 5.76. The molecule has 0 spiro atoms. The van der Waals surface area contributed by atoms with Crippen molar-refractivity contribution in [1.82, 2.24) is 5.32 Å². The minimum Gasteiger partial charge on any atom is -0.316 e. The average Bonchev–Trinajstić information content (AvgIpc) is 2.35. The van der Waals surface area contributed by atoms with Crippen LogP contribution in [0.25, 0.3) is 0 Å². The van der Waals surface area contributed by atoms with Crippen LogP contribution in [0.3, 0.4) is 0 Å². The third-order valence-electron chi connectivity index (χ3n) is 3.53. The summed E-state index contributed by atoms with van der Waals surface area (Å²) in [6, 6.07) is 5.24. The van der Waals surface area contributed by atoms with E-state index in [9.17, 15) is 4.39 Å². The Labute approximate surface area is 115 Å². The highest BCUT2D eigenvalue weighted by Crippen LogP contribution is 2.20. The lowest BCUT2D eigenvalue weighted by atomic mass is 9.91. The standard InChI is InChI=1S/C15H23ClFN/c1-4-5-6-11(2)15(18-3)9-12-7-8-13(16)10-14(12)17/h7-8,10-11,15,18H,4-6,9H2,1-3H3. The third kappa shape index (κ3) is 4.58. The first-order valence-corrected chi connectivity index (χ1v) is 7.07. The molecule has 0 bridgehead atoms. The van der Waals surface area contributed by atoms with Crippen molar-refractivity contribution in [2.45, 2.75) is 45.6 Å². The normalized spacial score (nSPS) is 14.5. The van der Waals surface area contributed by atoms with Crippen LogP contribution in [0.4, 0.5) is 4.39 Å². The van der Waals surface area contributed by atoms with Crippen molar-refractivity contribution in [2.75, 3.05) is 7.05 Å². The van der Waals surface area contributed by atoms with E-state index in [4.69, 9.17) is 11.6 Å². The van der Waals surface area contributed by atoms with Crippen LogP contribution in [0.1, 0.15) is 38.7 Å². The molecule has 0 heterocycles. The molecule has 3 heteroatoms. The molecule has 2 unspecified atom stereocenters. The fourth-order valence-corrected chi connectivity index (χ4v) is 2.40. The van der Waals surface area contributed by atoms with Gasteiger partial charge in [0.15, 0.2) is 0 Å². The molecular weight excluding hydrogens is 249 g/mol. The third-order valence-corrected chi connectivity index (χ3v) is 3.76. The molecule has 1 nitrogen and oxygen atoms in total. The van der Waals surface area contributed by atoms with Crippen molar-refractivity contribution in [3.8, 4) is 0 Å². The van der Waals surface area contributed by atoms with Crippen molar-refractivity contribution >= 4 is 11.6 Å². The number of hydrogen-bond acceptors (Lipinski definition) is 1. The molecule has 0 aliphatic rings. The van der Waals surface area contributed by atoms with E-state index in [2.05, 4.69) is 19.2 Å². The molecule has 1 N–H and O–H groups in total. The number of nitrogens with one attached hydrogen (secondary N) is 1. The molecule has 0 aromatic heterocycles. The van der Waals surface area contributed by atoms with E-state index in [0.29, 0.717) is 23.4 Å². The maximum Gasteiger partial charge on any atom is 0.127 e. The predicted molar refractivity (Wildman–Crippen MR) is 76.7 cm³/mol. The van der Waals surface area contributed by atoms with Gasteiger partial charge in [-0.3, -0.25) is 0 Å². The second kappa shape index (κ2) is 7.75. The van der Waals surface area contributed by atoms with Crippen LogP contribution in [0.2, 0.25) is 5.02 Å². The number of unbranched alkanes of at least 4 members (excludes halogenated alkanes) is 1. The summed E-state index contributed by atoms with van der Waals surface area (Å²) in [7, 11) is 1.95. The quantitative estimate of drug-likeness (QED) is 0.773. The van der Waals surface area contributed by atoms with Crippen LogP contribution in [-0.4, -0.2) is 13.1 Å². The Bertz CT molecular complexity index is 368. The molecule has 0 aliphatic carbocycles. The minimum absolute atomic E-state index is 0.203. The summed E-state index contributed by atoms with van der Waals surface area (Å²) in [4.78, 5) is 0. The Morgan fingerprint density at radius 3 is 2.67 bits per heavy atom. The van der Waals surface area contributed by atoms with E-state index in [1.54, 1.807) is 12.1 Å². The van der Waals surface area contributed by atoms with E-state index >= 15 is 0 Å². The lowest BCUT2D eigenvalue weighted by Crippen LogP contribution is -2.34. The van der Waals surface area contributed by atoms with Crippen molar-refractivity contribution in [1.29, 1.82) is 0 Å². The number of benzene rings is 1. The molecular formula is C15H23ClFN. The van der Waals surface area contributed by atoms with E-state index in [0.717, 1.165) is 5.56 Å². The van der Waals surface area contributed by atoms with Crippen LogP contribution in [-0.2, 0) is 6.42 Å². The van der Waals surface area contributed by atoms with Crippen LogP contribution < -0.4 is 5.32 Å². The molecule has 1 aromatic carbocycles. The van der Waals surface area contributed by atoms with E-state index in [-0.39, 0.29) is 5.82 Å². The zero-order valence-electron chi connectivity index (χ0n) is 11.5. The first-order valence-electron chi connectivity index (χ1n) is 6.69. The molecule has 18 heavy (non-hydrogen) atoms. The molecule has 102 valence electrons. The van der Waals surface area contributed by atoms with Gasteiger partial charge < -0.3 is 5.32 Å². The van der Waals surface area contributed by atoms with Gasteiger partial charge in [0.1, 0.15) is 5.82 Å². The van der Waals surface area contributed by atoms with Gasteiger partial charge in [0.2, 0.25) is 0 Å². The maximum atomic E-state index is 13.8. The summed E-state index contributed by atoms with van der Waals surface area (Å²) in [6.45, 7) is 4.42. The summed E-state index contributed by atoms with van der Waals surface area (Å²) < 4.78 is 13.8. The largest absolute Gasteiger partial charge is 0.316 e. The number of halogens is 2. The van der Waals surface area contributed by atoms with Gasteiger partial charge >= 0.3 is 0 Å². The molecule has 0 saturated carbocycles. The molecule has 0 amide bonds. The van der Waals surface area contributed by atoms with Gasteiger partial charge in [-0.25, -0.2) is 4.39 Å². The number of rotatable bonds is 7. The Kier molecular flexibility index (Phi) is 6.66. The first kappa shape index (κ1) is 15.5. The monoisotopic (exact) mass is 271 g/mol. The van der Waals surface area contributed by atoms with Crippen LogP contribution in [0.5, 0.6) is 0 Å². The lowest BCUT2D eigenvalue weighted by Gasteiger charge is -2.24. The minimum atomic E-state index is -0.203. The summed E-state index contributed by atoms with van der Waals surface area (Å²) in [5.74, 6) is 0.343. The Hall–Kier alpha value is -0.600. The van der Waals surface area contributed by atoms with Gasteiger partial charge in [-0.15, -0.1) is 0 Å².